The van der Waals surface area contributed by atoms with E-state index < -0.39 is 0 Å². The summed E-state index contributed by atoms with van der Waals surface area (Å²) in [6, 6.07) is 185. The lowest BCUT2D eigenvalue weighted by atomic mass is 9.87. The molecule has 0 saturated heterocycles. The number of ether oxygens (including phenoxy) is 5. The predicted octanol–water partition coefficient (Wildman–Crippen LogP) is 37.3. The molecule has 0 aliphatic heterocycles. The van der Waals surface area contributed by atoms with E-state index in [0.717, 1.165) is 57.5 Å². The number of rotatable bonds is 25. The Hall–Kier alpha value is -14.9. The van der Waals surface area contributed by atoms with E-state index in [0.29, 0.717) is 0 Å². The molecular weight excluding hydrogens is 1850 g/mol. The van der Waals surface area contributed by atoms with Crippen LogP contribution in [-0.4, -0.2) is 0 Å². The van der Waals surface area contributed by atoms with E-state index in [4.69, 9.17) is 23.7 Å². The molecular formula is C134H123O5S5+5. The van der Waals surface area contributed by atoms with E-state index in [2.05, 4.69) is 526 Å². The van der Waals surface area contributed by atoms with Crippen molar-refractivity contribution in [3.63, 3.8) is 0 Å². The largest absolute Gasteiger partial charge is 0.457 e. The lowest BCUT2D eigenvalue weighted by molar-refractivity contribution is 0.480. The molecule has 0 heterocycles. The van der Waals surface area contributed by atoms with Crippen LogP contribution in [0.2, 0.25) is 0 Å². The number of hydrogen-bond donors (Lipinski definition) is 0. The second kappa shape index (κ2) is 50.2. The van der Waals surface area contributed by atoms with Crippen molar-refractivity contribution in [1.82, 2.24) is 0 Å². The van der Waals surface area contributed by atoms with Gasteiger partial charge < -0.3 is 23.7 Å². The van der Waals surface area contributed by atoms with Crippen molar-refractivity contribution in [3.05, 3.63) is 572 Å². The van der Waals surface area contributed by atoms with Crippen molar-refractivity contribution in [1.29, 1.82) is 0 Å². The summed E-state index contributed by atoms with van der Waals surface area (Å²) in [6.07, 6.45) is 0. The first kappa shape index (κ1) is 102. The SMILES string of the molecule is CC(C)(C)c1ccc(Oc2ccc([S+](c3ccccc3)c3ccccc3)cc2)cc1.Cc1ccc(Oc2ccc([S+](c3ccccc3)c3ccc(C)cc3)cc2)cc1.Cc1ccc([S+](c2ccc(C)cc2)c2ccc(Oc3ccccc3)cc2)cc1.Cc1ccc([S+](c2ccccc2)c2ccc(Oc3ccc(C(C)(C)C)cc3)cc2)cc1.Cc1ccc([S+](c2ccccc2)c2ccc(Oc3ccccc3)cc2)cc1. The highest BCUT2D eigenvalue weighted by atomic mass is 32.2. The molecule has 0 aromatic heterocycles. The first-order valence-electron chi connectivity index (χ1n) is 48.7. The monoisotopic (exact) mass is 1970 g/mol. The van der Waals surface area contributed by atoms with E-state index >= 15 is 0 Å². The van der Waals surface area contributed by atoms with Crippen LogP contribution < -0.4 is 23.7 Å². The average Bonchev–Trinajstić information content (AvgIpc) is 0.810. The minimum atomic E-state index is -0.146. The van der Waals surface area contributed by atoms with Crippen molar-refractivity contribution < 1.29 is 23.7 Å². The first-order valence-corrected chi connectivity index (χ1v) is 54.8. The molecule has 10 heteroatoms. The van der Waals surface area contributed by atoms with Gasteiger partial charge in [0.15, 0.2) is 73.4 Å². The molecule has 5 nitrogen and oxygen atoms in total. The molecule has 0 radical (unpaired) electrons. The minimum absolute atomic E-state index is 0.133. The van der Waals surface area contributed by atoms with Gasteiger partial charge in [-0.25, -0.2) is 0 Å². The molecule has 3 atom stereocenters. The summed E-state index contributed by atoms with van der Waals surface area (Å²) in [6.45, 7) is 26.0. The third-order valence-electron chi connectivity index (χ3n) is 23.6. The second-order valence-corrected chi connectivity index (χ2v) is 47.1. The zero-order chi connectivity index (χ0) is 100.0. The van der Waals surface area contributed by atoms with Crippen molar-refractivity contribution in [2.45, 2.75) is 167 Å². The van der Waals surface area contributed by atoms with Crippen LogP contribution in [0.1, 0.15) is 86.1 Å². The van der Waals surface area contributed by atoms with E-state index in [-0.39, 0.29) is 65.3 Å². The zero-order valence-electron chi connectivity index (χ0n) is 83.8. The second-order valence-electron chi connectivity index (χ2n) is 37.0. The van der Waals surface area contributed by atoms with E-state index in [1.54, 1.807) is 0 Å². The Kier molecular flexibility index (Phi) is 35.6. The molecule has 0 N–H and O–H groups in total. The summed E-state index contributed by atoms with van der Waals surface area (Å²) in [4.78, 5) is 19.6. The van der Waals surface area contributed by atoms with Crippen LogP contribution in [0.25, 0.3) is 0 Å². The summed E-state index contributed by atoms with van der Waals surface area (Å²) in [5, 5.41) is 0. The topological polar surface area (TPSA) is 46.2 Å². The molecule has 0 aliphatic rings. The van der Waals surface area contributed by atoms with Gasteiger partial charge in [0, 0.05) is 0 Å². The summed E-state index contributed by atoms with van der Waals surface area (Å²) in [5.74, 6) is 8.56. The molecule has 0 amide bonds. The van der Waals surface area contributed by atoms with Crippen LogP contribution in [0.3, 0.4) is 0 Å². The number of hydrogen-bond acceptors (Lipinski definition) is 5. The molecule has 144 heavy (non-hydrogen) atoms. The Bertz CT molecular complexity index is 7170. The van der Waals surface area contributed by atoms with Gasteiger partial charge in [0.25, 0.3) is 0 Å². The summed E-state index contributed by atoms with van der Waals surface area (Å²) < 4.78 is 30.1. The smallest absolute Gasteiger partial charge is 0.166 e. The lowest BCUT2D eigenvalue weighted by Gasteiger charge is -2.19. The molecule has 3 unspecified atom stereocenters. The quantitative estimate of drug-likeness (QED) is 0.0534. The van der Waals surface area contributed by atoms with Crippen molar-refractivity contribution in [2.24, 2.45) is 0 Å². The predicted molar refractivity (Wildman–Crippen MR) is 606 cm³/mol. The van der Waals surface area contributed by atoms with Gasteiger partial charge in [-0.1, -0.05) is 299 Å². The maximum absolute atomic E-state index is 6.11. The van der Waals surface area contributed by atoms with Gasteiger partial charge in [0.05, 0.1) is 54.5 Å². The average molecular weight is 1970 g/mol. The molecule has 0 saturated carbocycles. The fourth-order valence-electron chi connectivity index (χ4n) is 15.7. The van der Waals surface area contributed by atoms with E-state index in [9.17, 15) is 0 Å². The Morgan fingerprint density at radius 3 is 0.368 bits per heavy atom. The third kappa shape index (κ3) is 29.2. The van der Waals surface area contributed by atoms with Crippen LogP contribution >= 0.6 is 0 Å². The van der Waals surface area contributed by atoms with Crippen molar-refractivity contribution >= 4 is 54.5 Å². The number of benzene rings is 20. The van der Waals surface area contributed by atoms with Gasteiger partial charge in [0.2, 0.25) is 0 Å². The zero-order valence-corrected chi connectivity index (χ0v) is 87.9. The summed E-state index contributed by atoms with van der Waals surface area (Å²) in [5.41, 5.74) is 10.5. The molecule has 20 aromatic carbocycles. The normalized spacial score (nSPS) is 11.7. The van der Waals surface area contributed by atoms with Crippen LogP contribution in [0.5, 0.6) is 57.5 Å². The fraction of sp³-hybridized carbons (Fsp3) is 0.104. The Labute approximate surface area is 868 Å². The molecule has 714 valence electrons. The lowest BCUT2D eigenvalue weighted by Crippen LogP contribution is -2.10. The van der Waals surface area contributed by atoms with Gasteiger partial charge >= 0.3 is 0 Å². The standard InChI is InChI=1S/C29H29OS.C28H27OS.2C26H23OS.C25H21OS/c1-22-10-18-27(19-11-22)31(26-8-6-5-7-9-26)28-20-16-25(17-21-28)30-24-14-12-23(13-15-24)29(2,3)4;1-28(2,3)22-14-16-23(17-15-22)29-24-18-20-27(21-19-24)30(25-10-6-4-7-11-25)26-12-8-5-9-13-26;1-20-8-14-24(15-9-20)28(25-16-10-21(2)11-17-25)26-18-12-23(13-19-26)27-22-6-4-3-5-7-22;1-20-8-12-22(13-9-20)27-23-14-18-26(19-15-23)28(24-6-4-3-5-7-24)25-16-10-21(2)11-17-25;1-20-12-16-24(17-13-20)27(23-10-6-3-7-11-23)25-18-14-22(15-19-25)26-21-8-4-2-5-9-21/h5-21H,1-4H3;4-21H,1-3H3;2*3-19H,1-2H3;2-19H,1H3/q5*+1. The Morgan fingerprint density at radius 1 is 0.118 bits per heavy atom. The van der Waals surface area contributed by atoms with Gasteiger partial charge in [-0.05, 0) is 367 Å². The van der Waals surface area contributed by atoms with Crippen LogP contribution in [0.15, 0.2) is 601 Å². The maximum Gasteiger partial charge on any atom is 0.166 e. The van der Waals surface area contributed by atoms with E-state index in [1.165, 1.54) is 118 Å². The molecule has 0 bridgehead atoms. The van der Waals surface area contributed by atoms with E-state index in [1.807, 2.05) is 84.9 Å². The molecule has 0 aliphatic carbocycles. The van der Waals surface area contributed by atoms with Crippen molar-refractivity contribution in [3.8, 4) is 57.5 Å². The molecule has 20 rings (SSSR count). The van der Waals surface area contributed by atoms with Gasteiger partial charge in [-0.2, -0.15) is 0 Å². The van der Waals surface area contributed by atoms with Crippen LogP contribution in [0.4, 0.5) is 0 Å². The van der Waals surface area contributed by atoms with Crippen molar-refractivity contribution in [2.75, 3.05) is 0 Å². The molecule has 20 aromatic rings. The molecule has 0 fully saturated rings. The van der Waals surface area contributed by atoms with Crippen LogP contribution in [0, 0.1) is 41.5 Å². The maximum atomic E-state index is 6.11. The first-order chi connectivity index (χ1) is 70.1. The van der Waals surface area contributed by atoms with Gasteiger partial charge in [0.1, 0.15) is 57.5 Å². The van der Waals surface area contributed by atoms with Gasteiger partial charge in [-0.3, -0.25) is 0 Å². The molecule has 0 spiro atoms. The number of aryl methyl sites for hydroxylation is 6. The Balaban J connectivity index is 0.000000129. The minimum Gasteiger partial charge on any atom is -0.457 e. The summed E-state index contributed by atoms with van der Waals surface area (Å²) in [7, 11) is -0.695. The van der Waals surface area contributed by atoms with Gasteiger partial charge in [-0.15, -0.1) is 0 Å². The highest BCUT2D eigenvalue weighted by Gasteiger charge is 2.34. The third-order valence-corrected chi connectivity index (χ3v) is 34.8. The summed E-state index contributed by atoms with van der Waals surface area (Å²) >= 11 is 0. The highest BCUT2D eigenvalue weighted by molar-refractivity contribution is 7.98. The highest BCUT2D eigenvalue weighted by Crippen LogP contribution is 2.42. The van der Waals surface area contributed by atoms with Crippen LogP contribution in [-0.2, 0) is 65.3 Å². The number of para-hydroxylation sites is 2. The fourth-order valence-corrected chi connectivity index (χ4v) is 26.0. The Morgan fingerprint density at radius 2 is 0.222 bits per heavy atom.